The number of amides is 3. The SMILES string of the molecule is CCCOC(CC(C(C)C)N(CCC)C(=O)C(NC(=O)C1CCCCN1C)C(C)CC)c1nc(C(=O)NC2Cc3ccc(OCCNC)cc3C(C(=O)OC)C2)cs1. The second kappa shape index (κ2) is 23.3. The summed E-state index contributed by atoms with van der Waals surface area (Å²) >= 11 is 1.38. The lowest BCUT2D eigenvalue weighted by molar-refractivity contribution is -0.143. The molecule has 0 bridgehead atoms. The number of carbonyl (C=O) groups excluding carboxylic acids is 4. The van der Waals surface area contributed by atoms with Crippen molar-refractivity contribution < 1.29 is 33.4 Å². The molecule has 1 aliphatic heterocycles. The zero-order chi connectivity index (χ0) is 42.4. The Morgan fingerprint density at radius 1 is 1.07 bits per heavy atom. The third-order valence-electron chi connectivity index (χ3n) is 11.7. The topological polar surface area (TPSA) is 151 Å². The molecule has 1 saturated heterocycles. The smallest absolute Gasteiger partial charge is 0.313 e. The summed E-state index contributed by atoms with van der Waals surface area (Å²) in [6.07, 6.45) is 6.15. The minimum absolute atomic E-state index is 0.0509. The Bertz CT molecular complexity index is 1640. The Labute approximate surface area is 350 Å². The van der Waals surface area contributed by atoms with Crippen molar-refractivity contribution in [2.24, 2.45) is 11.8 Å². The number of likely N-dealkylation sites (tertiary alicyclic amines) is 1. The molecule has 7 unspecified atom stereocenters. The van der Waals surface area contributed by atoms with Crippen LogP contribution in [0, 0.1) is 11.8 Å². The van der Waals surface area contributed by atoms with Gasteiger partial charge in [-0.15, -0.1) is 11.3 Å². The number of hydrogen-bond donors (Lipinski definition) is 3. The van der Waals surface area contributed by atoms with E-state index in [9.17, 15) is 19.2 Å². The number of esters is 1. The van der Waals surface area contributed by atoms with E-state index in [0.717, 1.165) is 56.2 Å². The quantitative estimate of drug-likeness (QED) is 0.0971. The maximum Gasteiger partial charge on any atom is 0.313 e. The molecule has 7 atom stereocenters. The van der Waals surface area contributed by atoms with Gasteiger partial charge < -0.3 is 35.1 Å². The van der Waals surface area contributed by atoms with Crippen LogP contribution in [0.5, 0.6) is 5.75 Å². The zero-order valence-corrected chi connectivity index (χ0v) is 37.3. The van der Waals surface area contributed by atoms with E-state index in [1.807, 2.05) is 44.1 Å². The normalized spacial score (nSPS) is 20.3. The van der Waals surface area contributed by atoms with E-state index in [1.165, 1.54) is 18.4 Å². The monoisotopic (exact) mass is 827 g/mol. The predicted octanol–water partition coefficient (Wildman–Crippen LogP) is 5.88. The summed E-state index contributed by atoms with van der Waals surface area (Å²) in [4.78, 5) is 64.0. The van der Waals surface area contributed by atoms with E-state index in [0.29, 0.717) is 56.3 Å². The molecule has 1 aliphatic carbocycles. The fourth-order valence-corrected chi connectivity index (χ4v) is 9.01. The fraction of sp³-hybridized carbons (Fsp3) is 0.705. The number of aromatic nitrogens is 1. The highest BCUT2D eigenvalue weighted by Gasteiger charge is 2.39. The highest BCUT2D eigenvalue weighted by molar-refractivity contribution is 7.09. The highest BCUT2D eigenvalue weighted by Crippen LogP contribution is 2.36. The van der Waals surface area contributed by atoms with Crippen LogP contribution >= 0.6 is 11.3 Å². The number of piperidine rings is 1. The number of thiazole rings is 1. The maximum atomic E-state index is 14.7. The Hall–Kier alpha value is -3.59. The maximum absolute atomic E-state index is 14.7. The summed E-state index contributed by atoms with van der Waals surface area (Å²) in [6, 6.07) is 4.37. The molecule has 1 aromatic carbocycles. The second-order valence-corrected chi connectivity index (χ2v) is 17.3. The van der Waals surface area contributed by atoms with Crippen molar-refractivity contribution in [3.8, 4) is 5.75 Å². The summed E-state index contributed by atoms with van der Waals surface area (Å²) in [5.41, 5.74) is 2.10. The first-order chi connectivity index (χ1) is 27.9. The van der Waals surface area contributed by atoms with Gasteiger partial charge in [0.25, 0.3) is 5.91 Å². The van der Waals surface area contributed by atoms with Crippen molar-refractivity contribution in [1.29, 1.82) is 0 Å². The molecule has 1 aromatic heterocycles. The lowest BCUT2D eigenvalue weighted by Gasteiger charge is -2.40. The van der Waals surface area contributed by atoms with Gasteiger partial charge in [0, 0.05) is 43.6 Å². The van der Waals surface area contributed by atoms with Gasteiger partial charge in [0.15, 0.2) is 0 Å². The Morgan fingerprint density at radius 2 is 1.84 bits per heavy atom. The van der Waals surface area contributed by atoms with Crippen LogP contribution in [0.25, 0.3) is 0 Å². The number of carbonyl (C=O) groups is 4. The predicted molar refractivity (Wildman–Crippen MR) is 228 cm³/mol. The molecule has 2 aromatic rings. The molecule has 2 aliphatic rings. The molecule has 0 spiro atoms. The molecule has 1 fully saturated rings. The number of hydrogen-bond acceptors (Lipinski definition) is 11. The summed E-state index contributed by atoms with van der Waals surface area (Å²) in [6.45, 7) is 15.6. The minimum atomic E-state index is -0.643. The lowest BCUT2D eigenvalue weighted by atomic mass is 9.80. The summed E-state index contributed by atoms with van der Waals surface area (Å²) in [5, 5.41) is 11.8. The number of methoxy groups -OCH3 is 1. The first-order valence-corrected chi connectivity index (χ1v) is 22.4. The van der Waals surface area contributed by atoms with Crippen LogP contribution in [0.1, 0.15) is 132 Å². The standard InChI is InChI=1S/C44H70N6O7S/c1-10-19-50(43(53)39(29(6)12-3)48-41(52)36-15-13-14-20-49(36)8)37(28(4)5)26-38(57-21-11-2)42-47-35(27-58-42)40(51)46-31-23-30-16-17-32(56-22-18-45-7)25-33(30)34(24-31)44(54)55-9/h16-17,25,27-29,31,34,36-39,45H,10-15,18-24,26H2,1-9H3,(H,46,51)(H,48,52). The van der Waals surface area contributed by atoms with E-state index >= 15 is 0 Å². The third-order valence-corrected chi connectivity index (χ3v) is 12.6. The molecule has 0 radical (unpaired) electrons. The van der Waals surface area contributed by atoms with E-state index in [2.05, 4.69) is 55.5 Å². The number of likely N-dealkylation sites (N-methyl/N-ethyl adjacent to an activating group) is 2. The molecular weight excluding hydrogens is 757 g/mol. The Morgan fingerprint density at radius 3 is 2.50 bits per heavy atom. The average Bonchev–Trinajstić information content (AvgIpc) is 3.72. The zero-order valence-electron chi connectivity index (χ0n) is 36.4. The fourth-order valence-electron chi connectivity index (χ4n) is 8.16. The van der Waals surface area contributed by atoms with Crippen LogP contribution in [0.2, 0.25) is 0 Å². The number of benzene rings is 1. The van der Waals surface area contributed by atoms with E-state index in [-0.39, 0.29) is 59.3 Å². The van der Waals surface area contributed by atoms with E-state index in [1.54, 1.807) is 5.38 Å². The van der Waals surface area contributed by atoms with Crippen molar-refractivity contribution in [3.05, 3.63) is 45.4 Å². The van der Waals surface area contributed by atoms with Crippen LogP contribution in [-0.4, -0.2) is 117 Å². The molecule has 324 valence electrons. The van der Waals surface area contributed by atoms with Crippen molar-refractivity contribution in [2.45, 2.75) is 136 Å². The van der Waals surface area contributed by atoms with Crippen molar-refractivity contribution in [3.63, 3.8) is 0 Å². The van der Waals surface area contributed by atoms with Crippen molar-refractivity contribution in [2.75, 3.05) is 54.1 Å². The molecule has 0 saturated carbocycles. The molecule has 2 heterocycles. The molecule has 13 nitrogen and oxygen atoms in total. The van der Waals surface area contributed by atoms with Gasteiger partial charge in [0.2, 0.25) is 11.8 Å². The summed E-state index contributed by atoms with van der Waals surface area (Å²) in [5.74, 6) is -0.646. The van der Waals surface area contributed by atoms with Gasteiger partial charge in [-0.1, -0.05) is 60.5 Å². The highest BCUT2D eigenvalue weighted by atomic mass is 32.1. The largest absolute Gasteiger partial charge is 0.492 e. The van der Waals surface area contributed by atoms with Crippen LogP contribution < -0.4 is 20.7 Å². The number of nitrogens with one attached hydrogen (secondary N) is 3. The number of ether oxygens (including phenoxy) is 3. The van der Waals surface area contributed by atoms with E-state index in [4.69, 9.17) is 19.2 Å². The van der Waals surface area contributed by atoms with Gasteiger partial charge in [-0.3, -0.25) is 24.1 Å². The molecule has 4 rings (SSSR count). The third kappa shape index (κ3) is 12.5. The van der Waals surface area contributed by atoms with Crippen LogP contribution in [0.4, 0.5) is 0 Å². The second-order valence-electron chi connectivity index (χ2n) is 16.4. The molecule has 58 heavy (non-hydrogen) atoms. The van der Waals surface area contributed by atoms with Crippen molar-refractivity contribution >= 4 is 35.0 Å². The van der Waals surface area contributed by atoms with Gasteiger partial charge in [-0.2, -0.15) is 0 Å². The van der Waals surface area contributed by atoms with E-state index < -0.39 is 18.1 Å². The Kier molecular flexibility index (Phi) is 18.9. The molecule has 14 heteroatoms. The first kappa shape index (κ1) is 47.1. The van der Waals surface area contributed by atoms with Gasteiger partial charge in [0.05, 0.1) is 19.1 Å². The molecule has 3 N–H and O–H groups in total. The van der Waals surface area contributed by atoms with Crippen LogP contribution in [0.15, 0.2) is 23.6 Å². The Balaban J connectivity index is 1.53. The summed E-state index contributed by atoms with van der Waals surface area (Å²) < 4.78 is 17.5. The summed E-state index contributed by atoms with van der Waals surface area (Å²) in [7, 11) is 5.23. The lowest BCUT2D eigenvalue weighted by Crippen LogP contribution is -2.58. The van der Waals surface area contributed by atoms with Gasteiger partial charge in [-0.25, -0.2) is 4.98 Å². The van der Waals surface area contributed by atoms with Crippen LogP contribution in [0.3, 0.4) is 0 Å². The molecule has 3 amide bonds. The van der Waals surface area contributed by atoms with Gasteiger partial charge in [0.1, 0.15) is 35.2 Å². The van der Waals surface area contributed by atoms with Crippen LogP contribution in [-0.2, 0) is 30.3 Å². The van der Waals surface area contributed by atoms with Gasteiger partial charge in [-0.05, 0) is 94.3 Å². The van der Waals surface area contributed by atoms with Gasteiger partial charge >= 0.3 is 5.97 Å². The van der Waals surface area contributed by atoms with Crippen molar-refractivity contribution in [1.82, 2.24) is 30.7 Å². The number of fused-ring (bicyclic) bond motifs is 1. The minimum Gasteiger partial charge on any atom is -0.492 e. The number of nitrogens with zero attached hydrogens (tertiary/aromatic N) is 3. The number of rotatable bonds is 22. The first-order valence-electron chi connectivity index (χ1n) is 21.5. The average molecular weight is 827 g/mol. The molecular formula is C44H70N6O7S.